The predicted molar refractivity (Wildman–Crippen MR) is 80.1 cm³/mol. The van der Waals surface area contributed by atoms with Gasteiger partial charge in [0.2, 0.25) is 0 Å². The van der Waals surface area contributed by atoms with Gasteiger partial charge < -0.3 is 0 Å². The molecule has 1 heterocycles. The van der Waals surface area contributed by atoms with E-state index in [1.807, 2.05) is 26.0 Å². The fraction of sp³-hybridized carbons (Fsp3) is 0.133. The molecule has 0 fully saturated rings. The molecule has 0 atom stereocenters. The van der Waals surface area contributed by atoms with E-state index in [0.717, 1.165) is 11.3 Å². The molecular formula is C15H14ClN3O. The Morgan fingerprint density at radius 2 is 1.80 bits per heavy atom. The lowest BCUT2D eigenvalue weighted by atomic mass is 10.1. The second-order valence-electron chi connectivity index (χ2n) is 4.33. The van der Waals surface area contributed by atoms with Gasteiger partial charge in [0.05, 0.1) is 11.3 Å². The van der Waals surface area contributed by atoms with Crippen LogP contribution in [0.4, 0.5) is 0 Å². The highest BCUT2D eigenvalue weighted by Gasteiger charge is 2.05. The standard InChI is InChI=1S/C15H14ClN3O/c1-10-3-4-13(9-17-10)15(20)19-18-11(2)12-5-7-14(16)8-6-12/h3-9H,1-2H3,(H,19,20)/b18-11+. The summed E-state index contributed by atoms with van der Waals surface area (Å²) < 4.78 is 0. The Bertz CT molecular complexity index is 633. The summed E-state index contributed by atoms with van der Waals surface area (Å²) in [5.41, 5.74) is 5.45. The van der Waals surface area contributed by atoms with Gasteiger partial charge in [-0.15, -0.1) is 0 Å². The number of pyridine rings is 1. The van der Waals surface area contributed by atoms with E-state index in [1.54, 1.807) is 24.3 Å². The quantitative estimate of drug-likeness (QED) is 0.696. The van der Waals surface area contributed by atoms with Gasteiger partial charge >= 0.3 is 0 Å². The van der Waals surface area contributed by atoms with Crippen LogP contribution in [0.2, 0.25) is 5.02 Å². The van der Waals surface area contributed by atoms with Gasteiger partial charge in [0, 0.05) is 16.9 Å². The fourth-order valence-corrected chi connectivity index (χ4v) is 1.68. The molecular weight excluding hydrogens is 274 g/mol. The van der Waals surface area contributed by atoms with Crippen LogP contribution in [-0.4, -0.2) is 16.6 Å². The molecule has 20 heavy (non-hydrogen) atoms. The number of hydrogen-bond acceptors (Lipinski definition) is 3. The molecule has 0 bridgehead atoms. The number of carbonyl (C=O) groups is 1. The van der Waals surface area contributed by atoms with Gasteiger partial charge in [-0.3, -0.25) is 9.78 Å². The van der Waals surface area contributed by atoms with Crippen LogP contribution in [0.1, 0.15) is 28.5 Å². The lowest BCUT2D eigenvalue weighted by Gasteiger charge is -2.03. The Morgan fingerprint density at radius 1 is 1.15 bits per heavy atom. The Kier molecular flexibility index (Phi) is 4.48. The molecule has 2 rings (SSSR count). The minimum atomic E-state index is -0.286. The Labute approximate surface area is 122 Å². The lowest BCUT2D eigenvalue weighted by molar-refractivity contribution is 0.0954. The van der Waals surface area contributed by atoms with Gasteiger partial charge in [0.25, 0.3) is 5.91 Å². The van der Waals surface area contributed by atoms with Crippen molar-refractivity contribution in [3.05, 3.63) is 64.4 Å². The Hall–Kier alpha value is -2.20. The van der Waals surface area contributed by atoms with Crippen LogP contribution in [0.15, 0.2) is 47.7 Å². The molecule has 5 heteroatoms. The third-order valence-corrected chi connectivity index (χ3v) is 3.01. The molecule has 0 aliphatic heterocycles. The van der Waals surface area contributed by atoms with Crippen molar-refractivity contribution < 1.29 is 4.79 Å². The van der Waals surface area contributed by atoms with Crippen molar-refractivity contribution in [3.8, 4) is 0 Å². The predicted octanol–water partition coefficient (Wildman–Crippen LogP) is 3.20. The summed E-state index contributed by atoms with van der Waals surface area (Å²) in [6.45, 7) is 3.68. The third kappa shape index (κ3) is 3.65. The molecule has 0 aliphatic rings. The zero-order valence-corrected chi connectivity index (χ0v) is 12.0. The lowest BCUT2D eigenvalue weighted by Crippen LogP contribution is -2.19. The van der Waals surface area contributed by atoms with Crippen molar-refractivity contribution in [2.24, 2.45) is 5.10 Å². The van der Waals surface area contributed by atoms with E-state index >= 15 is 0 Å². The average molecular weight is 288 g/mol. The normalized spacial score (nSPS) is 11.2. The number of nitrogens with zero attached hydrogens (tertiary/aromatic N) is 2. The molecule has 0 spiro atoms. The van der Waals surface area contributed by atoms with Gasteiger partial charge in [-0.1, -0.05) is 23.7 Å². The van der Waals surface area contributed by atoms with Gasteiger partial charge in [-0.05, 0) is 43.7 Å². The second-order valence-corrected chi connectivity index (χ2v) is 4.77. The molecule has 0 saturated carbocycles. The van der Waals surface area contributed by atoms with E-state index in [2.05, 4.69) is 15.5 Å². The van der Waals surface area contributed by atoms with Crippen molar-refractivity contribution in [1.29, 1.82) is 0 Å². The van der Waals surface area contributed by atoms with Crippen LogP contribution in [0.3, 0.4) is 0 Å². The highest BCUT2D eigenvalue weighted by Crippen LogP contribution is 2.10. The molecule has 102 valence electrons. The molecule has 0 saturated heterocycles. The van der Waals surface area contributed by atoms with Gasteiger partial charge in [0.15, 0.2) is 0 Å². The maximum atomic E-state index is 11.9. The first-order chi connectivity index (χ1) is 9.56. The van der Waals surface area contributed by atoms with E-state index in [0.29, 0.717) is 16.3 Å². The number of benzene rings is 1. The smallest absolute Gasteiger partial charge is 0.267 e. The second kappa shape index (κ2) is 6.30. The number of rotatable bonds is 3. The van der Waals surface area contributed by atoms with Crippen molar-refractivity contribution in [3.63, 3.8) is 0 Å². The molecule has 1 N–H and O–H groups in total. The number of hydrogen-bond donors (Lipinski definition) is 1. The number of nitrogens with one attached hydrogen (secondary N) is 1. The summed E-state index contributed by atoms with van der Waals surface area (Å²) in [5, 5.41) is 4.73. The van der Waals surface area contributed by atoms with Crippen LogP contribution in [0, 0.1) is 6.92 Å². The first kappa shape index (κ1) is 14.2. The highest BCUT2D eigenvalue weighted by atomic mass is 35.5. The zero-order chi connectivity index (χ0) is 14.5. The van der Waals surface area contributed by atoms with Crippen LogP contribution in [0.25, 0.3) is 0 Å². The van der Waals surface area contributed by atoms with Crippen molar-refractivity contribution in [2.75, 3.05) is 0 Å². The topological polar surface area (TPSA) is 54.4 Å². The third-order valence-electron chi connectivity index (χ3n) is 2.76. The highest BCUT2D eigenvalue weighted by molar-refractivity contribution is 6.30. The largest absolute Gasteiger partial charge is 0.272 e. The zero-order valence-electron chi connectivity index (χ0n) is 11.2. The molecule has 2 aromatic rings. The van der Waals surface area contributed by atoms with Crippen LogP contribution in [-0.2, 0) is 0 Å². The van der Waals surface area contributed by atoms with E-state index in [9.17, 15) is 4.79 Å². The van der Waals surface area contributed by atoms with Gasteiger partial charge in [0.1, 0.15) is 0 Å². The summed E-state index contributed by atoms with van der Waals surface area (Å²) in [5.74, 6) is -0.286. The first-order valence-electron chi connectivity index (χ1n) is 6.09. The minimum absolute atomic E-state index is 0.286. The fourth-order valence-electron chi connectivity index (χ4n) is 1.56. The molecule has 4 nitrogen and oxygen atoms in total. The summed E-state index contributed by atoms with van der Waals surface area (Å²) in [4.78, 5) is 15.9. The maximum Gasteiger partial charge on any atom is 0.272 e. The number of amides is 1. The van der Waals surface area contributed by atoms with Crippen LogP contribution < -0.4 is 5.43 Å². The Balaban J connectivity index is 2.06. The number of aryl methyl sites for hydroxylation is 1. The summed E-state index contributed by atoms with van der Waals surface area (Å²) in [7, 11) is 0. The molecule has 0 radical (unpaired) electrons. The van der Waals surface area contributed by atoms with E-state index in [4.69, 9.17) is 11.6 Å². The average Bonchev–Trinajstić information content (AvgIpc) is 2.46. The number of halogens is 1. The van der Waals surface area contributed by atoms with Crippen molar-refractivity contribution in [1.82, 2.24) is 10.4 Å². The van der Waals surface area contributed by atoms with Crippen molar-refractivity contribution >= 4 is 23.2 Å². The van der Waals surface area contributed by atoms with Gasteiger partial charge in [-0.25, -0.2) is 5.43 Å². The van der Waals surface area contributed by atoms with E-state index in [1.165, 1.54) is 6.20 Å². The van der Waals surface area contributed by atoms with E-state index in [-0.39, 0.29) is 5.91 Å². The maximum absolute atomic E-state index is 11.9. The summed E-state index contributed by atoms with van der Waals surface area (Å²) in [6.07, 6.45) is 1.53. The number of hydrazone groups is 1. The van der Waals surface area contributed by atoms with Crippen LogP contribution in [0.5, 0.6) is 0 Å². The molecule has 0 aliphatic carbocycles. The molecule has 1 aromatic carbocycles. The molecule has 1 amide bonds. The number of carbonyl (C=O) groups excluding carboxylic acids is 1. The van der Waals surface area contributed by atoms with E-state index < -0.39 is 0 Å². The SMILES string of the molecule is C/C(=N\NC(=O)c1ccc(C)nc1)c1ccc(Cl)cc1. The Morgan fingerprint density at radius 3 is 2.40 bits per heavy atom. The van der Waals surface area contributed by atoms with Crippen LogP contribution >= 0.6 is 11.6 Å². The van der Waals surface area contributed by atoms with Crippen molar-refractivity contribution in [2.45, 2.75) is 13.8 Å². The monoisotopic (exact) mass is 287 g/mol. The molecule has 1 aromatic heterocycles. The summed E-state index contributed by atoms with van der Waals surface area (Å²) in [6, 6.07) is 10.8. The first-order valence-corrected chi connectivity index (χ1v) is 6.47. The minimum Gasteiger partial charge on any atom is -0.267 e. The molecule has 0 unspecified atom stereocenters. The summed E-state index contributed by atoms with van der Waals surface area (Å²) >= 11 is 5.82. The number of aromatic nitrogens is 1. The van der Waals surface area contributed by atoms with Gasteiger partial charge in [-0.2, -0.15) is 5.10 Å².